The van der Waals surface area contributed by atoms with Crippen LogP contribution in [0.1, 0.15) is 12.8 Å². The van der Waals surface area contributed by atoms with Crippen molar-refractivity contribution in [2.75, 3.05) is 0 Å². The van der Waals surface area contributed by atoms with Crippen LogP contribution in [0.3, 0.4) is 0 Å². The summed E-state index contributed by atoms with van der Waals surface area (Å²) in [5, 5.41) is 12.2. The zero-order chi connectivity index (χ0) is 12.5. The molecule has 0 heterocycles. The summed E-state index contributed by atoms with van der Waals surface area (Å²) in [6.45, 7) is 0. The van der Waals surface area contributed by atoms with E-state index in [2.05, 4.69) is 12.1 Å². The zero-order valence-corrected chi connectivity index (χ0v) is 10.1. The van der Waals surface area contributed by atoms with Crippen molar-refractivity contribution in [1.29, 1.82) is 0 Å². The molecule has 1 fully saturated rings. The van der Waals surface area contributed by atoms with Crippen molar-refractivity contribution in [1.82, 2.24) is 0 Å². The second-order valence-electron chi connectivity index (χ2n) is 4.87. The fourth-order valence-electron chi connectivity index (χ4n) is 2.56. The minimum Gasteiger partial charge on any atom is -0.487 e. The van der Waals surface area contributed by atoms with Crippen molar-refractivity contribution in [2.24, 2.45) is 5.73 Å². The van der Waals surface area contributed by atoms with Crippen molar-refractivity contribution in [2.45, 2.75) is 31.1 Å². The van der Waals surface area contributed by atoms with Gasteiger partial charge < -0.3 is 15.6 Å². The Morgan fingerprint density at radius 2 is 1.83 bits per heavy atom. The van der Waals surface area contributed by atoms with Gasteiger partial charge in [0.2, 0.25) is 0 Å². The number of rotatable bonds is 2. The van der Waals surface area contributed by atoms with Crippen LogP contribution in [0.4, 0.5) is 0 Å². The Balaban J connectivity index is 1.91. The van der Waals surface area contributed by atoms with Gasteiger partial charge in [0.1, 0.15) is 18.0 Å². The highest BCUT2D eigenvalue weighted by atomic mass is 16.5. The van der Waals surface area contributed by atoms with E-state index >= 15 is 0 Å². The second-order valence-corrected chi connectivity index (χ2v) is 4.87. The van der Waals surface area contributed by atoms with Gasteiger partial charge >= 0.3 is 0 Å². The van der Waals surface area contributed by atoms with Crippen LogP contribution in [0.5, 0.6) is 5.75 Å². The van der Waals surface area contributed by atoms with Gasteiger partial charge in [0, 0.05) is 11.4 Å². The quantitative estimate of drug-likeness (QED) is 0.849. The van der Waals surface area contributed by atoms with Crippen LogP contribution in [-0.2, 0) is 0 Å². The molecule has 2 aromatic carbocycles. The van der Waals surface area contributed by atoms with Crippen LogP contribution in [0.2, 0.25) is 0 Å². The summed E-state index contributed by atoms with van der Waals surface area (Å²) in [4.78, 5) is 0. The summed E-state index contributed by atoms with van der Waals surface area (Å²) >= 11 is 0. The van der Waals surface area contributed by atoms with E-state index in [1.165, 1.54) is 0 Å². The summed E-state index contributed by atoms with van der Waals surface area (Å²) in [5.74, 6) is 0.825. The molecule has 3 rings (SSSR count). The van der Waals surface area contributed by atoms with E-state index in [0.717, 1.165) is 29.4 Å². The van der Waals surface area contributed by atoms with Crippen molar-refractivity contribution in [3.63, 3.8) is 0 Å². The molecule has 0 aliphatic heterocycles. The Labute approximate surface area is 106 Å². The summed E-state index contributed by atoms with van der Waals surface area (Å²) in [5.41, 5.74) is 5.80. The predicted molar refractivity (Wildman–Crippen MR) is 71.6 cm³/mol. The molecule has 1 saturated carbocycles. The molecule has 3 N–H and O–H groups in total. The maximum Gasteiger partial charge on any atom is 0.127 e. The molecule has 0 spiro atoms. The number of hydrogen-bond acceptors (Lipinski definition) is 3. The zero-order valence-electron chi connectivity index (χ0n) is 10.1. The first-order valence-corrected chi connectivity index (χ1v) is 6.34. The van der Waals surface area contributed by atoms with Crippen LogP contribution >= 0.6 is 0 Å². The van der Waals surface area contributed by atoms with Crippen LogP contribution in [-0.4, -0.2) is 23.4 Å². The minimum absolute atomic E-state index is 0.162. The topological polar surface area (TPSA) is 55.5 Å². The van der Waals surface area contributed by atoms with Gasteiger partial charge in [-0.05, 0) is 24.3 Å². The molecular formula is C15H17NO2. The van der Waals surface area contributed by atoms with Gasteiger partial charge in [0.15, 0.2) is 0 Å². The monoisotopic (exact) mass is 243 g/mol. The SMILES string of the molecule is NC1CCC(Oc2cccc3ccccc23)C1O. The number of benzene rings is 2. The molecular weight excluding hydrogens is 226 g/mol. The molecule has 0 amide bonds. The van der Waals surface area contributed by atoms with Crippen molar-refractivity contribution in [3.05, 3.63) is 42.5 Å². The number of fused-ring (bicyclic) bond motifs is 1. The highest BCUT2D eigenvalue weighted by Gasteiger charge is 2.34. The number of aliphatic hydroxyl groups is 1. The molecule has 3 nitrogen and oxygen atoms in total. The van der Waals surface area contributed by atoms with Crippen LogP contribution in [0.15, 0.2) is 42.5 Å². The number of aliphatic hydroxyl groups excluding tert-OH is 1. The molecule has 1 aliphatic rings. The van der Waals surface area contributed by atoms with Gasteiger partial charge in [-0.15, -0.1) is 0 Å². The van der Waals surface area contributed by atoms with Crippen LogP contribution < -0.4 is 10.5 Å². The molecule has 2 aromatic rings. The van der Waals surface area contributed by atoms with Gasteiger partial charge in [-0.1, -0.05) is 36.4 Å². The van der Waals surface area contributed by atoms with E-state index in [4.69, 9.17) is 10.5 Å². The van der Waals surface area contributed by atoms with Crippen molar-refractivity contribution < 1.29 is 9.84 Å². The highest BCUT2D eigenvalue weighted by Crippen LogP contribution is 2.29. The van der Waals surface area contributed by atoms with E-state index in [1.807, 2.05) is 30.3 Å². The van der Waals surface area contributed by atoms with Gasteiger partial charge in [0.05, 0.1) is 0 Å². The number of ether oxygens (including phenoxy) is 1. The Morgan fingerprint density at radius 1 is 1.06 bits per heavy atom. The summed E-state index contributed by atoms with van der Waals surface area (Å²) in [6, 6.07) is 13.9. The largest absolute Gasteiger partial charge is 0.487 e. The highest BCUT2D eigenvalue weighted by molar-refractivity contribution is 5.88. The first-order chi connectivity index (χ1) is 8.75. The lowest BCUT2D eigenvalue weighted by Gasteiger charge is -2.20. The average molecular weight is 243 g/mol. The minimum atomic E-state index is -0.566. The smallest absolute Gasteiger partial charge is 0.127 e. The predicted octanol–water partition coefficient (Wildman–Crippen LogP) is 2.07. The summed E-state index contributed by atoms with van der Waals surface area (Å²) in [6.07, 6.45) is 0.872. The van der Waals surface area contributed by atoms with Gasteiger partial charge in [-0.3, -0.25) is 0 Å². The van der Waals surface area contributed by atoms with Crippen molar-refractivity contribution in [3.8, 4) is 5.75 Å². The lowest BCUT2D eigenvalue weighted by molar-refractivity contribution is 0.0530. The molecule has 1 aliphatic carbocycles. The van der Waals surface area contributed by atoms with Gasteiger partial charge in [-0.2, -0.15) is 0 Å². The third-order valence-electron chi connectivity index (χ3n) is 3.63. The third-order valence-corrected chi connectivity index (χ3v) is 3.63. The van der Waals surface area contributed by atoms with E-state index in [-0.39, 0.29) is 12.1 Å². The lowest BCUT2D eigenvalue weighted by atomic mass is 10.1. The fraction of sp³-hybridized carbons (Fsp3) is 0.333. The molecule has 0 saturated heterocycles. The molecule has 3 heteroatoms. The Morgan fingerprint density at radius 3 is 2.61 bits per heavy atom. The summed E-state index contributed by atoms with van der Waals surface area (Å²) < 4.78 is 5.94. The molecule has 0 aromatic heterocycles. The molecule has 18 heavy (non-hydrogen) atoms. The average Bonchev–Trinajstić information content (AvgIpc) is 2.71. The van der Waals surface area contributed by atoms with Crippen molar-refractivity contribution >= 4 is 10.8 Å². The molecule has 0 bridgehead atoms. The Bertz CT molecular complexity index is 550. The maximum atomic E-state index is 9.94. The fourth-order valence-corrected chi connectivity index (χ4v) is 2.56. The van der Waals surface area contributed by atoms with E-state index in [0.29, 0.717) is 0 Å². The molecule has 0 radical (unpaired) electrons. The summed E-state index contributed by atoms with van der Waals surface area (Å²) in [7, 11) is 0. The first kappa shape index (κ1) is 11.5. The van der Waals surface area contributed by atoms with E-state index in [1.54, 1.807) is 0 Å². The third kappa shape index (κ3) is 1.96. The maximum absolute atomic E-state index is 9.94. The normalized spacial score (nSPS) is 27.6. The first-order valence-electron chi connectivity index (χ1n) is 6.34. The van der Waals surface area contributed by atoms with Gasteiger partial charge in [-0.25, -0.2) is 0 Å². The molecule has 3 unspecified atom stereocenters. The van der Waals surface area contributed by atoms with Crippen LogP contribution in [0.25, 0.3) is 10.8 Å². The Hall–Kier alpha value is -1.58. The van der Waals surface area contributed by atoms with Crippen LogP contribution in [0, 0.1) is 0 Å². The van der Waals surface area contributed by atoms with E-state index < -0.39 is 6.10 Å². The standard InChI is InChI=1S/C15H17NO2/c16-12-8-9-14(15(12)17)18-13-7-3-5-10-4-1-2-6-11(10)13/h1-7,12,14-15,17H,8-9,16H2. The number of hydrogen-bond donors (Lipinski definition) is 2. The molecule has 94 valence electrons. The van der Waals surface area contributed by atoms with E-state index in [9.17, 15) is 5.11 Å². The second kappa shape index (κ2) is 4.59. The lowest BCUT2D eigenvalue weighted by Crippen LogP contribution is -2.37. The molecule has 3 atom stereocenters. The Kier molecular flexibility index (Phi) is 2.94. The van der Waals surface area contributed by atoms with Gasteiger partial charge in [0.25, 0.3) is 0 Å². The number of nitrogens with two attached hydrogens (primary N) is 1.